The molecule has 1 aliphatic rings. The summed E-state index contributed by atoms with van der Waals surface area (Å²) < 4.78 is 52.2. The molecule has 0 unspecified atom stereocenters. The lowest BCUT2D eigenvalue weighted by Crippen LogP contribution is -2.33. The van der Waals surface area contributed by atoms with E-state index in [-0.39, 0.29) is 18.7 Å². The summed E-state index contributed by atoms with van der Waals surface area (Å²) in [6.45, 7) is 1.08. The van der Waals surface area contributed by atoms with Gasteiger partial charge >= 0.3 is 12.1 Å². The van der Waals surface area contributed by atoms with Crippen molar-refractivity contribution in [2.75, 3.05) is 13.1 Å². The second-order valence-electron chi connectivity index (χ2n) is 5.38. The molecule has 2 rings (SSSR count). The molecule has 0 bridgehead atoms. The Morgan fingerprint density at radius 1 is 1.38 bits per heavy atom. The van der Waals surface area contributed by atoms with Crippen LogP contribution in [0.4, 0.5) is 17.6 Å². The molecule has 1 aromatic rings. The largest absolute Gasteiger partial charge is 0.481 e. The molecule has 0 aromatic heterocycles. The molecule has 1 heterocycles. The standard InChI is InChI=1S/C14H15F4NO2/c1-8-2-3-12(15)9(4-8)5-19-6-10(13(20)21)11(7-19)14(16,17)18/h2-4,10-11H,5-7H2,1H3,(H,20,21)/t10-,11-/m1/s1. The van der Waals surface area contributed by atoms with Crippen molar-refractivity contribution in [1.82, 2.24) is 4.90 Å². The van der Waals surface area contributed by atoms with Crippen LogP contribution in [0.15, 0.2) is 18.2 Å². The highest BCUT2D eigenvalue weighted by Gasteiger charge is 2.52. The third-order valence-corrected chi connectivity index (χ3v) is 3.73. The molecule has 21 heavy (non-hydrogen) atoms. The van der Waals surface area contributed by atoms with E-state index in [4.69, 9.17) is 5.11 Å². The fourth-order valence-electron chi connectivity index (χ4n) is 2.66. The maximum atomic E-state index is 13.6. The Morgan fingerprint density at radius 3 is 2.57 bits per heavy atom. The minimum Gasteiger partial charge on any atom is -0.481 e. The van der Waals surface area contributed by atoms with E-state index >= 15 is 0 Å². The summed E-state index contributed by atoms with van der Waals surface area (Å²) in [5.41, 5.74) is 1.08. The number of halogens is 4. The molecule has 1 N–H and O–H groups in total. The van der Waals surface area contributed by atoms with Crippen molar-refractivity contribution in [3.8, 4) is 0 Å². The predicted molar refractivity (Wildman–Crippen MR) is 67.1 cm³/mol. The van der Waals surface area contributed by atoms with E-state index in [1.807, 2.05) is 0 Å². The van der Waals surface area contributed by atoms with Crippen LogP contribution in [0.1, 0.15) is 11.1 Å². The van der Waals surface area contributed by atoms with Crippen LogP contribution in [0.25, 0.3) is 0 Å². The summed E-state index contributed by atoms with van der Waals surface area (Å²) in [4.78, 5) is 12.3. The van der Waals surface area contributed by atoms with Crippen molar-refractivity contribution < 1.29 is 27.5 Å². The second-order valence-corrected chi connectivity index (χ2v) is 5.38. The number of aliphatic carboxylic acids is 1. The van der Waals surface area contributed by atoms with E-state index in [0.717, 1.165) is 5.56 Å². The number of carboxylic acid groups (broad SMARTS) is 1. The van der Waals surface area contributed by atoms with Crippen molar-refractivity contribution in [2.45, 2.75) is 19.6 Å². The number of carboxylic acids is 1. The van der Waals surface area contributed by atoms with Crippen LogP contribution in [0.2, 0.25) is 0 Å². The van der Waals surface area contributed by atoms with Gasteiger partial charge in [-0.2, -0.15) is 13.2 Å². The van der Waals surface area contributed by atoms with Gasteiger partial charge in [-0.25, -0.2) is 4.39 Å². The van der Waals surface area contributed by atoms with Gasteiger partial charge in [-0.1, -0.05) is 17.7 Å². The maximum Gasteiger partial charge on any atom is 0.393 e. The zero-order valence-corrected chi connectivity index (χ0v) is 11.3. The maximum absolute atomic E-state index is 13.6. The number of rotatable bonds is 3. The van der Waals surface area contributed by atoms with Crippen LogP contribution in [-0.2, 0) is 11.3 Å². The van der Waals surface area contributed by atoms with E-state index in [1.54, 1.807) is 19.1 Å². The van der Waals surface area contributed by atoms with Gasteiger partial charge in [0, 0.05) is 25.2 Å². The van der Waals surface area contributed by atoms with Crippen LogP contribution in [0.5, 0.6) is 0 Å². The lowest BCUT2D eigenvalue weighted by atomic mass is 9.96. The Bertz CT molecular complexity index is 544. The van der Waals surface area contributed by atoms with Gasteiger partial charge in [0.1, 0.15) is 5.82 Å². The first kappa shape index (κ1) is 15.8. The Hall–Kier alpha value is -1.63. The topological polar surface area (TPSA) is 40.5 Å². The molecule has 1 saturated heterocycles. The van der Waals surface area contributed by atoms with Gasteiger partial charge in [-0.05, 0) is 13.0 Å². The fourth-order valence-corrected chi connectivity index (χ4v) is 2.66. The molecule has 0 radical (unpaired) electrons. The number of hydrogen-bond donors (Lipinski definition) is 1. The van der Waals surface area contributed by atoms with Crippen molar-refractivity contribution in [3.63, 3.8) is 0 Å². The van der Waals surface area contributed by atoms with Gasteiger partial charge in [0.05, 0.1) is 11.8 Å². The number of alkyl halides is 3. The van der Waals surface area contributed by atoms with Crippen LogP contribution >= 0.6 is 0 Å². The Balaban J connectivity index is 2.16. The highest BCUT2D eigenvalue weighted by Crippen LogP contribution is 2.38. The summed E-state index contributed by atoms with van der Waals surface area (Å²) in [6, 6.07) is 4.39. The lowest BCUT2D eigenvalue weighted by Gasteiger charge is -2.18. The van der Waals surface area contributed by atoms with Crippen LogP contribution in [-0.4, -0.2) is 35.2 Å². The molecule has 2 atom stereocenters. The van der Waals surface area contributed by atoms with E-state index in [0.29, 0.717) is 0 Å². The number of likely N-dealkylation sites (tertiary alicyclic amines) is 1. The summed E-state index contributed by atoms with van der Waals surface area (Å²) in [6.07, 6.45) is -4.57. The molecule has 0 spiro atoms. The minimum absolute atomic E-state index is 0.0239. The van der Waals surface area contributed by atoms with Gasteiger partial charge in [-0.15, -0.1) is 0 Å². The van der Waals surface area contributed by atoms with Gasteiger partial charge in [0.2, 0.25) is 0 Å². The first-order valence-corrected chi connectivity index (χ1v) is 6.45. The molecular weight excluding hydrogens is 290 g/mol. The van der Waals surface area contributed by atoms with E-state index in [1.165, 1.54) is 11.0 Å². The molecule has 7 heteroatoms. The quantitative estimate of drug-likeness (QED) is 0.873. The lowest BCUT2D eigenvalue weighted by molar-refractivity contribution is -0.188. The molecule has 0 aliphatic carbocycles. The van der Waals surface area contributed by atoms with E-state index < -0.39 is 36.3 Å². The zero-order valence-electron chi connectivity index (χ0n) is 11.3. The SMILES string of the molecule is Cc1ccc(F)c(CN2C[C@@H](C(F)(F)F)[C@H](C(=O)O)C2)c1. The van der Waals surface area contributed by atoms with Crippen LogP contribution in [0.3, 0.4) is 0 Å². The highest BCUT2D eigenvalue weighted by atomic mass is 19.4. The number of nitrogens with zero attached hydrogens (tertiary/aromatic N) is 1. The summed E-state index contributed by atoms with van der Waals surface area (Å²) in [7, 11) is 0. The van der Waals surface area contributed by atoms with Crippen LogP contribution in [0, 0.1) is 24.6 Å². The summed E-state index contributed by atoms with van der Waals surface area (Å²) in [5.74, 6) is -5.38. The molecule has 0 saturated carbocycles. The van der Waals surface area contributed by atoms with Gasteiger partial charge in [0.15, 0.2) is 0 Å². The number of carbonyl (C=O) groups is 1. The summed E-state index contributed by atoms with van der Waals surface area (Å²) >= 11 is 0. The normalized spacial score (nSPS) is 23.5. The molecule has 1 fully saturated rings. The molecule has 0 amide bonds. The van der Waals surface area contributed by atoms with Gasteiger partial charge < -0.3 is 5.11 Å². The third kappa shape index (κ3) is 3.53. The summed E-state index contributed by atoms with van der Waals surface area (Å²) in [5, 5.41) is 8.93. The molecule has 116 valence electrons. The van der Waals surface area contributed by atoms with Crippen molar-refractivity contribution in [3.05, 3.63) is 35.1 Å². The highest BCUT2D eigenvalue weighted by molar-refractivity contribution is 5.71. The molecule has 1 aliphatic heterocycles. The predicted octanol–water partition coefficient (Wildman–Crippen LogP) is 2.83. The van der Waals surface area contributed by atoms with Gasteiger partial charge in [-0.3, -0.25) is 9.69 Å². The average molecular weight is 305 g/mol. The Morgan fingerprint density at radius 2 is 2.05 bits per heavy atom. The van der Waals surface area contributed by atoms with Crippen LogP contribution < -0.4 is 0 Å². The number of benzene rings is 1. The molecule has 3 nitrogen and oxygen atoms in total. The zero-order chi connectivity index (χ0) is 15.8. The monoisotopic (exact) mass is 305 g/mol. The Labute approximate surface area is 119 Å². The third-order valence-electron chi connectivity index (χ3n) is 3.73. The number of hydrogen-bond acceptors (Lipinski definition) is 2. The number of aryl methyl sites for hydroxylation is 1. The average Bonchev–Trinajstić information content (AvgIpc) is 2.78. The van der Waals surface area contributed by atoms with Gasteiger partial charge in [0.25, 0.3) is 0 Å². The van der Waals surface area contributed by atoms with Crippen molar-refractivity contribution in [2.24, 2.45) is 11.8 Å². The molecule has 1 aromatic carbocycles. The molecular formula is C14H15F4NO2. The fraction of sp³-hybridized carbons (Fsp3) is 0.500. The first-order chi connectivity index (χ1) is 9.68. The van der Waals surface area contributed by atoms with Crippen molar-refractivity contribution >= 4 is 5.97 Å². The second kappa shape index (κ2) is 5.63. The van der Waals surface area contributed by atoms with Crippen molar-refractivity contribution in [1.29, 1.82) is 0 Å². The Kier molecular flexibility index (Phi) is 4.22. The van der Waals surface area contributed by atoms with E-state index in [2.05, 4.69) is 0 Å². The smallest absolute Gasteiger partial charge is 0.393 e. The minimum atomic E-state index is -4.57. The van der Waals surface area contributed by atoms with E-state index in [9.17, 15) is 22.4 Å². The first-order valence-electron chi connectivity index (χ1n) is 6.45.